The molecule has 1 aliphatic rings. The van der Waals surface area contributed by atoms with E-state index >= 15 is 0 Å². The fourth-order valence-electron chi connectivity index (χ4n) is 1.64. The lowest BCUT2D eigenvalue weighted by molar-refractivity contribution is -0.0893. The van der Waals surface area contributed by atoms with E-state index < -0.39 is 19.9 Å². The van der Waals surface area contributed by atoms with Crippen molar-refractivity contribution in [3.8, 4) is 0 Å². The van der Waals surface area contributed by atoms with Gasteiger partial charge in [-0.3, -0.25) is 9.77 Å². The molecular weight excluding hydrogens is 318 g/mol. The number of halogens is 2. The lowest BCUT2D eigenvalue weighted by atomic mass is 10.3. The van der Waals surface area contributed by atoms with Crippen molar-refractivity contribution in [1.29, 1.82) is 0 Å². The maximum absolute atomic E-state index is 12.6. The van der Waals surface area contributed by atoms with Crippen LogP contribution in [-0.4, -0.2) is 58.6 Å². The molecule has 0 radical (unpaired) electrons. The first-order valence-corrected chi connectivity index (χ1v) is 8.26. The Bertz CT molecular complexity index is 356. The fraction of sp³-hybridized carbons (Fsp3) is 0.875. The van der Waals surface area contributed by atoms with Gasteiger partial charge in [0.05, 0.1) is 6.61 Å². The minimum Gasteiger partial charge on any atom is -0.350 e. The lowest BCUT2D eigenvalue weighted by Gasteiger charge is -2.38. The predicted octanol–water partition coefficient (Wildman–Crippen LogP) is 0.980. The molecule has 1 saturated heterocycles. The molecule has 11 heteroatoms. The summed E-state index contributed by atoms with van der Waals surface area (Å²) in [6, 6.07) is -1.04. The molecule has 0 aromatic heterocycles. The van der Waals surface area contributed by atoms with Crippen molar-refractivity contribution in [2.45, 2.75) is 12.6 Å². The first-order chi connectivity index (χ1) is 8.94. The zero-order valence-corrected chi connectivity index (χ0v) is 12.6. The molecule has 0 aliphatic carbocycles. The molecular formula is C8H17Cl2N4O4P. The normalized spacial score (nSPS) is 27.5. The third-order valence-corrected chi connectivity index (χ3v) is 5.19. The Morgan fingerprint density at radius 1 is 1.47 bits per heavy atom. The summed E-state index contributed by atoms with van der Waals surface area (Å²) in [5, 5.41) is 12.4. The zero-order valence-electron chi connectivity index (χ0n) is 10.2. The van der Waals surface area contributed by atoms with Gasteiger partial charge < -0.3 is 10.3 Å². The second-order valence-corrected chi connectivity index (χ2v) is 6.68. The van der Waals surface area contributed by atoms with Gasteiger partial charge in [-0.25, -0.2) is 14.6 Å². The molecule has 2 atom stereocenters. The highest BCUT2D eigenvalue weighted by Crippen LogP contribution is 2.49. The molecule has 0 saturated carbocycles. The van der Waals surface area contributed by atoms with Gasteiger partial charge in [0.15, 0.2) is 0 Å². The summed E-state index contributed by atoms with van der Waals surface area (Å²) >= 11 is 11.3. The summed E-state index contributed by atoms with van der Waals surface area (Å²) in [4.78, 5) is 10.9. The number of nitrogens with one attached hydrogen (secondary N) is 1. The molecule has 0 spiro atoms. The highest BCUT2D eigenvalue weighted by Gasteiger charge is 2.39. The maximum atomic E-state index is 12.6. The van der Waals surface area contributed by atoms with E-state index in [9.17, 15) is 14.6 Å². The molecule has 0 aromatic carbocycles. The fourth-order valence-corrected chi connectivity index (χ4v) is 4.38. The van der Waals surface area contributed by atoms with Crippen molar-refractivity contribution in [3.63, 3.8) is 0 Å². The molecule has 1 heterocycles. The van der Waals surface area contributed by atoms with Crippen LogP contribution >= 0.6 is 30.9 Å². The highest BCUT2D eigenvalue weighted by atomic mass is 35.5. The number of nitrogens with two attached hydrogens (primary N) is 1. The molecule has 1 fully saturated rings. The third kappa shape index (κ3) is 4.46. The summed E-state index contributed by atoms with van der Waals surface area (Å²) in [5.74, 6) is 0.491. The summed E-state index contributed by atoms with van der Waals surface area (Å²) in [5.41, 5.74) is 4.96. The number of hydrogen-bond acceptors (Lipinski definition) is 4. The molecule has 4 N–H and O–H groups in total. The van der Waals surface area contributed by atoms with E-state index in [1.54, 1.807) is 0 Å². The predicted molar refractivity (Wildman–Crippen MR) is 71.3 cm³/mol. The van der Waals surface area contributed by atoms with E-state index in [1.807, 2.05) is 0 Å². The van der Waals surface area contributed by atoms with Crippen LogP contribution in [0, 0.1) is 0 Å². The van der Waals surface area contributed by atoms with Gasteiger partial charge in [0.25, 0.3) is 0 Å². The number of hydroxylamine groups is 2. The van der Waals surface area contributed by atoms with Crippen LogP contribution in [0.3, 0.4) is 0 Å². The number of amides is 2. The van der Waals surface area contributed by atoms with Crippen LogP contribution in [0.5, 0.6) is 0 Å². The van der Waals surface area contributed by atoms with Gasteiger partial charge >= 0.3 is 13.7 Å². The Morgan fingerprint density at radius 3 is 2.53 bits per heavy atom. The summed E-state index contributed by atoms with van der Waals surface area (Å²) in [7, 11) is -3.40. The van der Waals surface area contributed by atoms with Crippen LogP contribution < -0.4 is 10.8 Å². The van der Waals surface area contributed by atoms with Crippen molar-refractivity contribution in [2.75, 3.05) is 31.5 Å². The number of alkyl halides is 2. The zero-order chi connectivity index (χ0) is 14.5. The van der Waals surface area contributed by atoms with Crippen molar-refractivity contribution < 1.29 is 19.1 Å². The molecule has 112 valence electrons. The molecule has 8 nitrogen and oxygen atoms in total. The van der Waals surface area contributed by atoms with E-state index in [-0.39, 0.29) is 24.8 Å². The van der Waals surface area contributed by atoms with Gasteiger partial charge in [-0.2, -0.15) is 5.06 Å². The van der Waals surface area contributed by atoms with Gasteiger partial charge in [-0.05, 0) is 0 Å². The SMILES string of the molecule is NC(=O)N(O)[C@H]1CCO[P@](=O)(N(CCCl)CCCl)N1. The van der Waals surface area contributed by atoms with E-state index in [0.29, 0.717) is 18.2 Å². The summed E-state index contributed by atoms with van der Waals surface area (Å²) in [6.07, 6.45) is -0.607. The van der Waals surface area contributed by atoms with Crippen LogP contribution in [0.1, 0.15) is 6.42 Å². The number of primary amides is 1. The third-order valence-electron chi connectivity index (χ3n) is 2.55. The quantitative estimate of drug-likeness (QED) is 0.289. The Hall–Kier alpha value is -0.0800. The van der Waals surface area contributed by atoms with Crippen LogP contribution in [0.2, 0.25) is 0 Å². The Morgan fingerprint density at radius 2 is 2.05 bits per heavy atom. The highest BCUT2D eigenvalue weighted by molar-refractivity contribution is 7.54. The minimum atomic E-state index is -3.40. The number of hydrogen-bond donors (Lipinski definition) is 3. The first kappa shape index (κ1) is 17.0. The number of carbonyl (C=O) groups is 1. The molecule has 19 heavy (non-hydrogen) atoms. The lowest BCUT2D eigenvalue weighted by Crippen LogP contribution is -2.52. The van der Waals surface area contributed by atoms with Gasteiger partial charge in [0.2, 0.25) is 0 Å². The molecule has 2 amide bonds. The second-order valence-electron chi connectivity index (χ2n) is 3.80. The van der Waals surface area contributed by atoms with E-state index in [2.05, 4.69) is 5.09 Å². The van der Waals surface area contributed by atoms with Gasteiger partial charge in [0, 0.05) is 31.3 Å². The monoisotopic (exact) mass is 334 g/mol. The Kier molecular flexibility index (Phi) is 6.82. The smallest absolute Gasteiger partial charge is 0.345 e. The largest absolute Gasteiger partial charge is 0.350 e. The van der Waals surface area contributed by atoms with Crippen LogP contribution in [0.4, 0.5) is 4.79 Å². The Balaban J connectivity index is 2.79. The second kappa shape index (κ2) is 7.64. The number of nitrogens with zero attached hydrogens (tertiary/aromatic N) is 2. The molecule has 1 rings (SSSR count). The number of urea groups is 1. The van der Waals surface area contributed by atoms with E-state index in [4.69, 9.17) is 33.5 Å². The van der Waals surface area contributed by atoms with Crippen LogP contribution in [0.25, 0.3) is 0 Å². The number of rotatable bonds is 6. The van der Waals surface area contributed by atoms with Gasteiger partial charge in [-0.15, -0.1) is 23.2 Å². The van der Waals surface area contributed by atoms with E-state index in [0.717, 1.165) is 0 Å². The average molecular weight is 335 g/mol. The first-order valence-electron chi connectivity index (χ1n) is 5.62. The number of carbonyl (C=O) groups excluding carboxylic acids is 1. The van der Waals surface area contributed by atoms with Crippen LogP contribution in [-0.2, 0) is 9.09 Å². The topological polar surface area (TPSA) is 108 Å². The molecule has 1 aliphatic heterocycles. The minimum absolute atomic E-state index is 0.111. The average Bonchev–Trinajstić information content (AvgIpc) is 2.37. The van der Waals surface area contributed by atoms with Gasteiger partial charge in [0.1, 0.15) is 6.17 Å². The Labute approximate surface area is 121 Å². The van der Waals surface area contributed by atoms with Crippen molar-refractivity contribution in [1.82, 2.24) is 14.8 Å². The molecule has 0 bridgehead atoms. The molecule has 0 aromatic rings. The van der Waals surface area contributed by atoms with Crippen molar-refractivity contribution >= 4 is 36.9 Å². The summed E-state index contributed by atoms with van der Waals surface area (Å²) in [6.45, 7) is 0.709. The standard InChI is InChI=1S/C8H17Cl2N4O4P/c9-2-4-13(5-3-10)19(17)12-7(1-6-18-19)14(16)8(11)15/h7,16H,1-6H2,(H2,11,15)(H,12,17)/t7-,19-/m0/s1. The molecule has 0 unspecified atom stereocenters. The maximum Gasteiger partial charge on any atom is 0.345 e. The van der Waals surface area contributed by atoms with Gasteiger partial charge in [-0.1, -0.05) is 0 Å². The van der Waals surface area contributed by atoms with E-state index in [1.165, 1.54) is 4.67 Å². The van der Waals surface area contributed by atoms with Crippen molar-refractivity contribution in [2.24, 2.45) is 5.73 Å². The summed E-state index contributed by atoms with van der Waals surface area (Å²) < 4.78 is 19.4. The van der Waals surface area contributed by atoms with Crippen molar-refractivity contribution in [3.05, 3.63) is 0 Å². The van der Waals surface area contributed by atoms with Crippen LogP contribution in [0.15, 0.2) is 0 Å².